The monoisotopic (exact) mass is 212 g/mol. The van der Waals surface area contributed by atoms with Gasteiger partial charge in [-0.25, -0.2) is 4.98 Å². The first-order chi connectivity index (χ1) is 6.75. The lowest BCUT2D eigenvalue weighted by Gasteiger charge is -2.06. The smallest absolute Gasteiger partial charge is 0.322 e. The molecule has 0 spiro atoms. The SMILES string of the molecule is O=C(O)CNc1nc2c(s1)CCCC2. The molecule has 0 aliphatic heterocycles. The average molecular weight is 212 g/mol. The summed E-state index contributed by atoms with van der Waals surface area (Å²) in [6.07, 6.45) is 4.57. The van der Waals surface area contributed by atoms with Crippen LogP contribution in [-0.2, 0) is 17.6 Å². The van der Waals surface area contributed by atoms with Crippen LogP contribution in [0.3, 0.4) is 0 Å². The topological polar surface area (TPSA) is 62.2 Å². The first kappa shape index (κ1) is 9.45. The highest BCUT2D eigenvalue weighted by atomic mass is 32.1. The number of aliphatic carboxylic acids is 1. The first-order valence-corrected chi connectivity index (χ1v) is 5.51. The van der Waals surface area contributed by atoms with Crippen LogP contribution in [0, 0.1) is 0 Å². The molecule has 14 heavy (non-hydrogen) atoms. The molecule has 0 atom stereocenters. The second kappa shape index (κ2) is 3.96. The molecule has 0 radical (unpaired) electrons. The molecule has 2 rings (SSSR count). The van der Waals surface area contributed by atoms with Gasteiger partial charge in [0.2, 0.25) is 0 Å². The zero-order valence-corrected chi connectivity index (χ0v) is 8.56. The fourth-order valence-corrected chi connectivity index (χ4v) is 2.62. The molecule has 0 fully saturated rings. The lowest BCUT2D eigenvalue weighted by Crippen LogP contribution is -2.12. The van der Waals surface area contributed by atoms with E-state index in [0.29, 0.717) is 0 Å². The summed E-state index contributed by atoms with van der Waals surface area (Å²) in [6.45, 7) is -0.0492. The molecule has 0 aromatic carbocycles. The number of rotatable bonds is 3. The number of aromatic nitrogens is 1. The van der Waals surface area contributed by atoms with Gasteiger partial charge in [-0.2, -0.15) is 0 Å². The Kier molecular flexibility index (Phi) is 2.67. The zero-order chi connectivity index (χ0) is 9.97. The molecule has 2 N–H and O–H groups in total. The number of thiazole rings is 1. The van der Waals surface area contributed by atoms with E-state index in [2.05, 4.69) is 10.3 Å². The molecule has 1 aromatic rings. The molecule has 0 saturated carbocycles. The van der Waals surface area contributed by atoms with Crippen LogP contribution in [0.15, 0.2) is 0 Å². The highest BCUT2D eigenvalue weighted by Gasteiger charge is 2.14. The van der Waals surface area contributed by atoms with E-state index < -0.39 is 5.97 Å². The molecular formula is C9H12N2O2S. The van der Waals surface area contributed by atoms with Crippen molar-refractivity contribution in [2.24, 2.45) is 0 Å². The van der Waals surface area contributed by atoms with Gasteiger partial charge in [-0.1, -0.05) is 0 Å². The van der Waals surface area contributed by atoms with Crippen LogP contribution in [-0.4, -0.2) is 22.6 Å². The summed E-state index contributed by atoms with van der Waals surface area (Å²) in [5.74, 6) is -0.849. The number of carboxylic acids is 1. The van der Waals surface area contributed by atoms with Crippen molar-refractivity contribution in [1.29, 1.82) is 0 Å². The predicted molar refractivity (Wildman–Crippen MR) is 54.9 cm³/mol. The Morgan fingerprint density at radius 1 is 1.50 bits per heavy atom. The van der Waals surface area contributed by atoms with Crippen LogP contribution < -0.4 is 5.32 Å². The summed E-state index contributed by atoms with van der Waals surface area (Å²) >= 11 is 1.59. The normalized spacial score (nSPS) is 14.9. The standard InChI is InChI=1S/C9H12N2O2S/c12-8(13)5-10-9-11-6-3-1-2-4-7(6)14-9/h1-5H2,(H,10,11)(H,12,13). The van der Waals surface area contributed by atoms with Crippen LogP contribution >= 0.6 is 11.3 Å². The maximum absolute atomic E-state index is 10.3. The summed E-state index contributed by atoms with van der Waals surface area (Å²) in [7, 11) is 0. The Bertz CT molecular complexity index is 325. The molecule has 0 unspecified atom stereocenters. The molecule has 76 valence electrons. The average Bonchev–Trinajstić information content (AvgIpc) is 2.57. The molecule has 0 bridgehead atoms. The second-order valence-electron chi connectivity index (χ2n) is 3.34. The fraction of sp³-hybridized carbons (Fsp3) is 0.556. The number of carbonyl (C=O) groups is 1. The third-order valence-electron chi connectivity index (χ3n) is 2.24. The number of nitrogens with zero attached hydrogens (tertiary/aromatic N) is 1. The molecule has 1 aliphatic carbocycles. The molecule has 5 heteroatoms. The number of carboxylic acid groups (broad SMARTS) is 1. The fourth-order valence-electron chi connectivity index (χ4n) is 1.58. The molecule has 1 heterocycles. The maximum Gasteiger partial charge on any atom is 0.322 e. The van der Waals surface area contributed by atoms with Crippen LogP contribution in [0.1, 0.15) is 23.4 Å². The van der Waals surface area contributed by atoms with Gasteiger partial charge in [-0.3, -0.25) is 4.79 Å². The van der Waals surface area contributed by atoms with Crippen molar-refractivity contribution in [1.82, 2.24) is 4.98 Å². The van der Waals surface area contributed by atoms with Crippen molar-refractivity contribution in [3.8, 4) is 0 Å². The Hall–Kier alpha value is -1.10. The number of anilines is 1. The minimum Gasteiger partial charge on any atom is -0.480 e. The molecular weight excluding hydrogens is 200 g/mol. The molecule has 1 aromatic heterocycles. The van der Waals surface area contributed by atoms with E-state index in [9.17, 15) is 4.79 Å². The Labute approximate surface area is 86.0 Å². The van der Waals surface area contributed by atoms with Crippen molar-refractivity contribution in [2.75, 3.05) is 11.9 Å². The second-order valence-corrected chi connectivity index (χ2v) is 4.43. The Morgan fingerprint density at radius 2 is 2.29 bits per heavy atom. The minimum atomic E-state index is -0.849. The van der Waals surface area contributed by atoms with E-state index >= 15 is 0 Å². The number of hydrogen-bond donors (Lipinski definition) is 2. The van der Waals surface area contributed by atoms with Crippen LogP contribution in [0.25, 0.3) is 0 Å². The zero-order valence-electron chi connectivity index (χ0n) is 7.75. The molecule has 4 nitrogen and oxygen atoms in total. The van der Waals surface area contributed by atoms with E-state index in [4.69, 9.17) is 5.11 Å². The number of nitrogens with one attached hydrogen (secondary N) is 1. The first-order valence-electron chi connectivity index (χ1n) is 4.70. The lowest BCUT2D eigenvalue weighted by atomic mass is 10.0. The molecule has 0 amide bonds. The van der Waals surface area contributed by atoms with E-state index in [1.165, 1.54) is 17.7 Å². The van der Waals surface area contributed by atoms with E-state index in [1.54, 1.807) is 11.3 Å². The van der Waals surface area contributed by atoms with Crippen molar-refractivity contribution in [3.05, 3.63) is 10.6 Å². The van der Waals surface area contributed by atoms with Gasteiger partial charge in [0.15, 0.2) is 5.13 Å². The van der Waals surface area contributed by atoms with E-state index in [-0.39, 0.29) is 6.54 Å². The van der Waals surface area contributed by atoms with Gasteiger partial charge in [-0.05, 0) is 25.7 Å². The van der Waals surface area contributed by atoms with Gasteiger partial charge in [0, 0.05) is 4.88 Å². The minimum absolute atomic E-state index is 0.0492. The van der Waals surface area contributed by atoms with Crippen LogP contribution in [0.2, 0.25) is 0 Å². The third-order valence-corrected chi connectivity index (χ3v) is 3.35. The van der Waals surface area contributed by atoms with Crippen LogP contribution in [0.4, 0.5) is 5.13 Å². The van der Waals surface area contributed by atoms with Gasteiger partial charge < -0.3 is 10.4 Å². The Balaban J connectivity index is 2.04. The summed E-state index contributed by atoms with van der Waals surface area (Å²) in [5.41, 5.74) is 1.16. The van der Waals surface area contributed by atoms with Crippen molar-refractivity contribution >= 4 is 22.4 Å². The number of fused-ring (bicyclic) bond motifs is 1. The highest BCUT2D eigenvalue weighted by molar-refractivity contribution is 7.15. The quantitative estimate of drug-likeness (QED) is 0.797. The summed E-state index contributed by atoms with van der Waals surface area (Å²) < 4.78 is 0. The highest BCUT2D eigenvalue weighted by Crippen LogP contribution is 2.29. The Morgan fingerprint density at radius 3 is 3.00 bits per heavy atom. The van der Waals surface area contributed by atoms with Crippen molar-refractivity contribution in [2.45, 2.75) is 25.7 Å². The predicted octanol–water partition coefficient (Wildman–Crippen LogP) is 1.52. The lowest BCUT2D eigenvalue weighted by molar-refractivity contribution is -0.134. The maximum atomic E-state index is 10.3. The van der Waals surface area contributed by atoms with Crippen molar-refractivity contribution < 1.29 is 9.90 Å². The van der Waals surface area contributed by atoms with Gasteiger partial charge in [0.1, 0.15) is 6.54 Å². The van der Waals surface area contributed by atoms with Crippen molar-refractivity contribution in [3.63, 3.8) is 0 Å². The van der Waals surface area contributed by atoms with Gasteiger partial charge in [0.25, 0.3) is 0 Å². The number of aryl methyl sites for hydroxylation is 2. The molecule has 1 aliphatic rings. The van der Waals surface area contributed by atoms with Crippen LogP contribution in [0.5, 0.6) is 0 Å². The number of hydrogen-bond acceptors (Lipinski definition) is 4. The van der Waals surface area contributed by atoms with Gasteiger partial charge in [-0.15, -0.1) is 11.3 Å². The van der Waals surface area contributed by atoms with Gasteiger partial charge >= 0.3 is 5.97 Å². The summed E-state index contributed by atoms with van der Waals surface area (Å²) in [4.78, 5) is 16.0. The van der Waals surface area contributed by atoms with Gasteiger partial charge in [0.05, 0.1) is 5.69 Å². The summed E-state index contributed by atoms with van der Waals surface area (Å²) in [5, 5.41) is 12.1. The summed E-state index contributed by atoms with van der Waals surface area (Å²) in [6, 6.07) is 0. The third kappa shape index (κ3) is 2.04. The van der Waals surface area contributed by atoms with E-state index in [0.717, 1.165) is 23.7 Å². The van der Waals surface area contributed by atoms with E-state index in [1.807, 2.05) is 0 Å². The largest absolute Gasteiger partial charge is 0.480 e. The molecule has 0 saturated heterocycles.